The molecule has 25 nitrogen and oxygen atoms in total. The van der Waals surface area contributed by atoms with Gasteiger partial charge in [-0.1, -0.05) is 32.9 Å². The summed E-state index contributed by atoms with van der Waals surface area (Å²) in [6, 6.07) is 0.504. The molecule has 3 fully saturated rings. The number of ether oxygens (including phenoxy) is 6. The van der Waals surface area contributed by atoms with Crippen LogP contribution in [-0.2, 0) is 58.9 Å². The lowest BCUT2D eigenvalue weighted by Gasteiger charge is -2.49. The third-order valence-corrected chi connectivity index (χ3v) is 17.2. The number of oxime groups is 1. The number of rotatable bonds is 20. The van der Waals surface area contributed by atoms with E-state index in [1.807, 2.05) is 25.9 Å². The summed E-state index contributed by atoms with van der Waals surface area (Å²) in [5.41, 5.74) is -6.56. The van der Waals surface area contributed by atoms with Gasteiger partial charge in [-0.25, -0.2) is 14.2 Å². The number of halogens is 1. The summed E-state index contributed by atoms with van der Waals surface area (Å²) >= 11 is 0. The van der Waals surface area contributed by atoms with Crippen molar-refractivity contribution in [3.8, 4) is 0 Å². The van der Waals surface area contributed by atoms with E-state index in [1.54, 1.807) is 48.5 Å². The fraction of sp³-hybridized carbons (Fsp3) is 0.792. The average molecular weight is 1160 g/mol. The molecule has 0 amide bonds. The summed E-state index contributed by atoms with van der Waals surface area (Å²) in [6.45, 7) is 17.3. The number of aliphatic hydroxyl groups is 5. The van der Waals surface area contributed by atoms with Gasteiger partial charge in [0.25, 0.3) is 10.1 Å². The Kier molecular flexibility index (Phi) is 23.0. The Bertz CT molecular complexity index is 2630. The SMILES string of the molecule is CC[C@H]1OC(=O)[C@H](C)[C@@H](O[C@H]2C[C@@](C)(OC)[C@@H](OS(=O)(=O)CCNCCNc3nc4c(cc3F)c(=O)c(C(=O)O)cn4CC)[C@H](C)O2)[C@H](C)[C@@H](O[C@@H]2O[C@H](C)C[C@H](N(C)C)[C@H]2O)[C@](C)(O)C[C@@H](C)/C(=N\OCO)[C@H](C)[C@@H](O)[C@]1(C)O. The van der Waals surface area contributed by atoms with Gasteiger partial charge >= 0.3 is 11.9 Å². The normalized spacial score (nSPS) is 36.6. The summed E-state index contributed by atoms with van der Waals surface area (Å²) in [7, 11) is 0.678. The van der Waals surface area contributed by atoms with Crippen LogP contribution in [0.4, 0.5) is 10.2 Å². The van der Waals surface area contributed by atoms with Crippen LogP contribution < -0.4 is 16.1 Å². The van der Waals surface area contributed by atoms with E-state index in [2.05, 4.69) is 20.8 Å². The first kappa shape index (κ1) is 66.7. The van der Waals surface area contributed by atoms with Gasteiger partial charge in [-0.2, -0.15) is 8.42 Å². The van der Waals surface area contributed by atoms with Gasteiger partial charge in [0.2, 0.25) is 12.2 Å². The van der Waals surface area contributed by atoms with Crippen LogP contribution in [0.15, 0.2) is 22.2 Å². The second-order valence-corrected chi connectivity index (χ2v) is 24.2. The number of aromatic nitrogens is 2. The number of likely N-dealkylation sites (N-methyl/N-ethyl adjacent to an activating group) is 1. The zero-order chi connectivity index (χ0) is 60.0. The van der Waals surface area contributed by atoms with E-state index in [4.69, 9.17) is 37.4 Å². The number of fused-ring (bicyclic) bond motifs is 1. The van der Waals surface area contributed by atoms with Crippen LogP contribution in [0.1, 0.15) is 112 Å². The molecular weight excluding hydrogens is 1080 g/mol. The standard InChI is InChI=1S/C53H87FN6O19S/c1-15-37-53(11,69)43(64)29(5)39(58-73-26-61)27(3)23-51(9,68)44(78-50-41(63)36(59(12)13)21-28(4)74-50)30(6)42(31(7)49(67)76-37)77-38-24-52(10,72-14)45(32(8)75-38)79-80(70,71)20-19-55-17-18-56-46-35(54)22-33-40(62)34(48(65)66)25-60(16-2)47(33)57-46/h22,25,27-32,36-38,41-45,50,55,61,63-64,68-69H,15-21,23-24,26H2,1-14H3,(H,56,57)(H,65,66)/b58-39+/t27-,28-,29+,30+,31-,32+,36+,37-,38+,41-,42+,43-,44-,45+,50+,51-,52-,53-/m1/s1. The average Bonchev–Trinajstić information content (AvgIpc) is 3.54. The van der Waals surface area contributed by atoms with Gasteiger partial charge in [-0.15, -0.1) is 0 Å². The molecule has 0 saturated carbocycles. The number of aryl methyl sites for hydroxylation is 1. The van der Waals surface area contributed by atoms with Crippen LogP contribution in [0, 0.1) is 29.5 Å². The number of methoxy groups -OCH3 is 1. The molecule has 80 heavy (non-hydrogen) atoms. The third kappa shape index (κ3) is 15.4. The van der Waals surface area contributed by atoms with E-state index in [0.717, 1.165) is 12.3 Å². The predicted molar refractivity (Wildman–Crippen MR) is 289 cm³/mol. The van der Waals surface area contributed by atoms with Crippen molar-refractivity contribution >= 4 is 44.6 Å². The number of cyclic esters (lactones) is 1. The predicted octanol–water partition coefficient (Wildman–Crippen LogP) is 2.16. The Morgan fingerprint density at radius 3 is 2.26 bits per heavy atom. The number of hydrogen-bond donors (Lipinski definition) is 8. The molecule has 0 aromatic carbocycles. The van der Waals surface area contributed by atoms with Gasteiger partial charge in [0.15, 0.2) is 24.2 Å². The minimum Gasteiger partial charge on any atom is -0.477 e. The number of carbonyl (C=O) groups excluding carboxylic acids is 1. The Morgan fingerprint density at radius 2 is 1.66 bits per heavy atom. The highest BCUT2D eigenvalue weighted by Crippen LogP contribution is 2.42. The molecule has 2 aromatic rings. The number of carboxylic acids is 1. The van der Waals surface area contributed by atoms with Gasteiger partial charge in [-0.3, -0.25) is 13.8 Å². The maximum Gasteiger partial charge on any atom is 0.341 e. The molecule has 2 aromatic heterocycles. The van der Waals surface area contributed by atoms with Crippen molar-refractivity contribution in [3.05, 3.63) is 33.9 Å². The first-order valence-electron chi connectivity index (χ1n) is 27.3. The molecule has 0 aliphatic carbocycles. The van der Waals surface area contributed by atoms with Crippen molar-refractivity contribution in [1.29, 1.82) is 0 Å². The number of carboxylic acid groups (broad SMARTS) is 1. The number of anilines is 1. The number of nitrogens with zero attached hydrogens (tertiary/aromatic N) is 4. The van der Waals surface area contributed by atoms with Gasteiger partial charge in [-0.05, 0) is 87.9 Å². The monoisotopic (exact) mass is 1160 g/mol. The number of hydrogen-bond acceptors (Lipinski definition) is 23. The minimum absolute atomic E-state index is 0.0530. The van der Waals surface area contributed by atoms with Crippen LogP contribution in [0.25, 0.3) is 11.0 Å². The van der Waals surface area contributed by atoms with E-state index in [-0.39, 0.29) is 68.0 Å². The van der Waals surface area contributed by atoms with Gasteiger partial charge in [0.1, 0.15) is 35.1 Å². The molecule has 0 radical (unpaired) electrons. The van der Waals surface area contributed by atoms with Crippen LogP contribution in [-0.4, -0.2) is 209 Å². The molecule has 5 heterocycles. The number of carbonyl (C=O) groups is 2. The smallest absolute Gasteiger partial charge is 0.341 e. The summed E-state index contributed by atoms with van der Waals surface area (Å²) in [5.74, 6) is -7.88. The van der Waals surface area contributed by atoms with Gasteiger partial charge in [0, 0.05) is 69.7 Å². The molecule has 18 atom stereocenters. The lowest BCUT2D eigenvalue weighted by atomic mass is 9.73. The second kappa shape index (κ2) is 27.5. The lowest BCUT2D eigenvalue weighted by Crippen LogP contribution is -2.61. The number of nitrogens with one attached hydrogen (secondary N) is 2. The Hall–Kier alpha value is -4.07. The number of esters is 1. The lowest BCUT2D eigenvalue weighted by molar-refractivity contribution is -0.316. The minimum atomic E-state index is -4.31. The van der Waals surface area contributed by atoms with Crippen LogP contribution in [0.3, 0.4) is 0 Å². The van der Waals surface area contributed by atoms with Crippen molar-refractivity contribution in [1.82, 2.24) is 19.8 Å². The van der Waals surface area contributed by atoms with E-state index in [9.17, 15) is 53.4 Å². The molecule has 0 bridgehead atoms. The topological polar surface area (TPSA) is 338 Å². The first-order chi connectivity index (χ1) is 37.3. The van der Waals surface area contributed by atoms with E-state index >= 15 is 4.39 Å². The van der Waals surface area contributed by atoms with Crippen molar-refractivity contribution in [2.45, 2.75) is 193 Å². The fourth-order valence-electron chi connectivity index (χ4n) is 11.5. The summed E-state index contributed by atoms with van der Waals surface area (Å²) < 4.78 is 87.9. The molecule has 0 spiro atoms. The van der Waals surface area contributed by atoms with Gasteiger partial charge in [0.05, 0.1) is 64.5 Å². The maximum absolute atomic E-state index is 15.1. The molecule has 27 heteroatoms. The molecular formula is C53H87FN6O19S. The molecule has 3 aliphatic rings. The quantitative estimate of drug-likeness (QED) is 0.0310. The van der Waals surface area contributed by atoms with Gasteiger partial charge < -0.3 is 84.0 Å². The van der Waals surface area contributed by atoms with E-state index < -0.39 is 159 Å². The van der Waals surface area contributed by atoms with E-state index in [1.165, 1.54) is 32.4 Å². The highest BCUT2D eigenvalue weighted by Gasteiger charge is 2.54. The number of aliphatic hydroxyl groups excluding tert-OH is 3. The Morgan fingerprint density at radius 1 is 0.988 bits per heavy atom. The number of aromatic carboxylic acids is 1. The van der Waals surface area contributed by atoms with Crippen molar-refractivity contribution in [2.24, 2.45) is 28.8 Å². The largest absolute Gasteiger partial charge is 0.477 e. The highest BCUT2D eigenvalue weighted by molar-refractivity contribution is 7.86. The molecule has 3 saturated heterocycles. The third-order valence-electron chi connectivity index (χ3n) is 16.0. The zero-order valence-electron chi connectivity index (χ0n) is 48.5. The van der Waals surface area contributed by atoms with Crippen molar-refractivity contribution in [3.63, 3.8) is 0 Å². The van der Waals surface area contributed by atoms with Crippen molar-refractivity contribution in [2.75, 3.05) is 58.7 Å². The fourth-order valence-corrected chi connectivity index (χ4v) is 12.6. The maximum atomic E-state index is 15.1. The molecule has 3 aliphatic heterocycles. The summed E-state index contributed by atoms with van der Waals surface area (Å²) in [6.07, 6.45) is -10.6. The zero-order valence-corrected chi connectivity index (χ0v) is 49.3. The highest BCUT2D eigenvalue weighted by atomic mass is 32.2. The second-order valence-electron chi connectivity index (χ2n) is 22.5. The number of pyridine rings is 2. The molecule has 5 rings (SSSR count). The first-order valence-corrected chi connectivity index (χ1v) is 28.8. The summed E-state index contributed by atoms with van der Waals surface area (Å²) in [4.78, 5) is 50.1. The van der Waals surface area contributed by atoms with Crippen LogP contribution in [0.2, 0.25) is 0 Å². The molecule has 456 valence electrons. The Labute approximate surface area is 467 Å². The van der Waals surface area contributed by atoms with Crippen LogP contribution in [0.5, 0.6) is 0 Å². The summed E-state index contributed by atoms with van der Waals surface area (Å²) in [5, 5.41) is 77.3. The van der Waals surface area contributed by atoms with Crippen LogP contribution >= 0.6 is 0 Å². The molecule has 8 N–H and O–H groups in total. The van der Waals surface area contributed by atoms with E-state index in [0.29, 0.717) is 6.42 Å². The van der Waals surface area contributed by atoms with Crippen molar-refractivity contribution < 1.29 is 90.5 Å². The molecule has 0 unspecified atom stereocenters. The Balaban J connectivity index is 1.39.